The summed E-state index contributed by atoms with van der Waals surface area (Å²) in [6.45, 7) is 11.7. The highest BCUT2D eigenvalue weighted by atomic mass is 35.5. The number of methoxy groups -OCH3 is 3. The number of benzene rings is 3. The lowest BCUT2D eigenvalue weighted by Crippen LogP contribution is -2.51. The second-order valence-corrected chi connectivity index (χ2v) is 11.3. The Hall–Kier alpha value is -2.81. The van der Waals surface area contributed by atoms with Crippen molar-refractivity contribution in [2.75, 3.05) is 86.8 Å². The van der Waals surface area contributed by atoms with Gasteiger partial charge in [-0.25, -0.2) is 0 Å². The molecule has 0 spiro atoms. The topological polar surface area (TPSA) is 40.7 Å². The molecule has 3 aromatic rings. The first kappa shape index (κ1) is 29.7. The molecule has 5 rings (SSSR count). The SMILES string of the molecule is COc1cc(CN2CCN(CCN3CCN(C(c4ccccc4)c4ccc(Cl)cc4)CC3)CC2)cc(OC)c1OC. The van der Waals surface area contributed by atoms with Gasteiger partial charge in [0.15, 0.2) is 11.5 Å². The van der Waals surface area contributed by atoms with Crippen LogP contribution in [0.25, 0.3) is 0 Å². The maximum atomic E-state index is 6.20. The molecule has 0 N–H and O–H groups in total. The maximum absolute atomic E-state index is 6.20. The van der Waals surface area contributed by atoms with Gasteiger partial charge in [-0.1, -0.05) is 54.1 Å². The van der Waals surface area contributed by atoms with Crippen molar-refractivity contribution >= 4 is 11.6 Å². The Bertz CT molecular complexity index is 1200. The normalized spacial score (nSPS) is 18.2. The molecular formula is C33H43ClN4O3. The monoisotopic (exact) mass is 578 g/mol. The minimum Gasteiger partial charge on any atom is -0.493 e. The van der Waals surface area contributed by atoms with Crippen molar-refractivity contribution in [1.82, 2.24) is 19.6 Å². The minimum absolute atomic E-state index is 0.259. The smallest absolute Gasteiger partial charge is 0.203 e. The van der Waals surface area contributed by atoms with Crippen LogP contribution in [0.4, 0.5) is 0 Å². The molecule has 2 fully saturated rings. The highest BCUT2D eigenvalue weighted by molar-refractivity contribution is 6.30. The molecule has 2 saturated heterocycles. The van der Waals surface area contributed by atoms with E-state index < -0.39 is 0 Å². The number of rotatable bonds is 11. The Labute approximate surface area is 250 Å². The molecule has 8 heteroatoms. The fraction of sp³-hybridized carbons (Fsp3) is 0.455. The predicted octanol–water partition coefficient (Wildman–Crippen LogP) is 4.89. The summed E-state index contributed by atoms with van der Waals surface area (Å²) in [7, 11) is 4.98. The molecule has 0 radical (unpaired) electrons. The molecule has 0 saturated carbocycles. The third-order valence-corrected chi connectivity index (χ3v) is 8.65. The average molecular weight is 579 g/mol. The zero-order valence-corrected chi connectivity index (χ0v) is 25.4. The van der Waals surface area contributed by atoms with Gasteiger partial charge >= 0.3 is 0 Å². The zero-order chi connectivity index (χ0) is 28.6. The van der Waals surface area contributed by atoms with Crippen molar-refractivity contribution < 1.29 is 14.2 Å². The highest BCUT2D eigenvalue weighted by Gasteiger charge is 2.27. The molecule has 0 amide bonds. The fourth-order valence-electron chi connectivity index (χ4n) is 6.08. The lowest BCUT2D eigenvalue weighted by atomic mass is 9.96. The molecule has 2 aliphatic rings. The molecule has 7 nitrogen and oxygen atoms in total. The standard InChI is InChI=1S/C33H43ClN4O3/c1-39-30-23-26(24-31(40-2)33(30)41-3)25-37-17-15-35(16-18-37)13-14-36-19-21-38(22-20-36)32(27-7-5-4-6-8-27)28-9-11-29(34)12-10-28/h4-12,23-24,32H,13-22,25H2,1-3H3. The molecule has 0 bridgehead atoms. The van der Waals surface area contributed by atoms with Crippen LogP contribution in [0.2, 0.25) is 5.02 Å². The third-order valence-electron chi connectivity index (χ3n) is 8.40. The molecule has 1 atom stereocenters. The van der Waals surface area contributed by atoms with Crippen LogP contribution in [0.5, 0.6) is 17.2 Å². The first-order chi connectivity index (χ1) is 20.1. The zero-order valence-electron chi connectivity index (χ0n) is 24.6. The van der Waals surface area contributed by atoms with Crippen LogP contribution in [-0.2, 0) is 6.54 Å². The molecule has 3 aromatic carbocycles. The van der Waals surface area contributed by atoms with Gasteiger partial charge in [-0.05, 0) is 41.0 Å². The minimum atomic E-state index is 0.259. The van der Waals surface area contributed by atoms with Gasteiger partial charge in [0.1, 0.15) is 0 Å². The Kier molecular flexibility index (Phi) is 10.4. The van der Waals surface area contributed by atoms with Crippen LogP contribution < -0.4 is 14.2 Å². The van der Waals surface area contributed by atoms with E-state index in [1.165, 1.54) is 16.7 Å². The van der Waals surface area contributed by atoms with E-state index in [1.54, 1.807) is 21.3 Å². The average Bonchev–Trinajstić information content (AvgIpc) is 3.02. The Morgan fingerprint density at radius 2 is 1.15 bits per heavy atom. The summed E-state index contributed by atoms with van der Waals surface area (Å²) < 4.78 is 16.6. The molecule has 2 aliphatic heterocycles. The lowest BCUT2D eigenvalue weighted by Gasteiger charge is -2.41. The number of nitrogens with zero attached hydrogens (tertiary/aromatic N) is 4. The van der Waals surface area contributed by atoms with Crippen LogP contribution >= 0.6 is 11.6 Å². The molecular weight excluding hydrogens is 536 g/mol. The van der Waals surface area contributed by atoms with Crippen LogP contribution in [-0.4, -0.2) is 106 Å². The Balaban J connectivity index is 1.09. The van der Waals surface area contributed by atoms with Crippen molar-refractivity contribution in [1.29, 1.82) is 0 Å². The maximum Gasteiger partial charge on any atom is 0.203 e. The van der Waals surface area contributed by atoms with Gasteiger partial charge < -0.3 is 14.2 Å². The number of halogens is 1. The summed E-state index contributed by atoms with van der Waals surface area (Å²) in [6, 6.07) is 23.6. The molecule has 0 aromatic heterocycles. The van der Waals surface area contributed by atoms with Gasteiger partial charge in [-0.15, -0.1) is 0 Å². The largest absolute Gasteiger partial charge is 0.493 e. The summed E-state index contributed by atoms with van der Waals surface area (Å²) in [5.41, 5.74) is 3.82. The number of ether oxygens (including phenoxy) is 3. The summed E-state index contributed by atoms with van der Waals surface area (Å²) in [5.74, 6) is 2.07. The second-order valence-electron chi connectivity index (χ2n) is 10.9. The summed E-state index contributed by atoms with van der Waals surface area (Å²) in [4.78, 5) is 10.4. The van der Waals surface area contributed by atoms with Crippen LogP contribution in [0, 0.1) is 0 Å². The van der Waals surface area contributed by atoms with Crippen LogP contribution in [0.3, 0.4) is 0 Å². The van der Waals surface area contributed by atoms with Crippen molar-refractivity contribution in [2.24, 2.45) is 0 Å². The molecule has 2 heterocycles. The molecule has 220 valence electrons. The quantitative estimate of drug-likeness (QED) is 0.321. The Morgan fingerprint density at radius 1 is 0.634 bits per heavy atom. The Morgan fingerprint density at radius 3 is 1.68 bits per heavy atom. The van der Waals surface area contributed by atoms with Crippen molar-refractivity contribution in [3.05, 3.63) is 88.4 Å². The summed E-state index contributed by atoms with van der Waals surface area (Å²) >= 11 is 6.20. The molecule has 41 heavy (non-hydrogen) atoms. The van der Waals surface area contributed by atoms with Gasteiger partial charge in [0.05, 0.1) is 27.4 Å². The van der Waals surface area contributed by atoms with Crippen molar-refractivity contribution in [3.8, 4) is 17.2 Å². The van der Waals surface area contributed by atoms with Crippen molar-refractivity contribution in [3.63, 3.8) is 0 Å². The van der Waals surface area contributed by atoms with E-state index in [-0.39, 0.29) is 6.04 Å². The van der Waals surface area contributed by atoms with E-state index in [4.69, 9.17) is 25.8 Å². The van der Waals surface area contributed by atoms with Gasteiger partial charge in [-0.3, -0.25) is 19.6 Å². The second kappa shape index (κ2) is 14.4. The molecule has 1 unspecified atom stereocenters. The van der Waals surface area contributed by atoms with Crippen molar-refractivity contribution in [2.45, 2.75) is 12.6 Å². The predicted molar refractivity (Wildman–Crippen MR) is 166 cm³/mol. The fourth-order valence-corrected chi connectivity index (χ4v) is 6.20. The lowest BCUT2D eigenvalue weighted by molar-refractivity contribution is 0.0826. The first-order valence-corrected chi connectivity index (χ1v) is 15.0. The first-order valence-electron chi connectivity index (χ1n) is 14.6. The van der Waals surface area contributed by atoms with E-state index in [0.29, 0.717) is 17.2 Å². The summed E-state index contributed by atoms with van der Waals surface area (Å²) in [6.07, 6.45) is 0. The van der Waals surface area contributed by atoms with Crippen LogP contribution in [0.1, 0.15) is 22.7 Å². The van der Waals surface area contributed by atoms with Gasteiger partial charge in [0.25, 0.3) is 0 Å². The highest BCUT2D eigenvalue weighted by Crippen LogP contribution is 2.38. The van der Waals surface area contributed by atoms with E-state index >= 15 is 0 Å². The number of hydrogen-bond donors (Lipinski definition) is 0. The van der Waals surface area contributed by atoms with E-state index in [9.17, 15) is 0 Å². The third kappa shape index (κ3) is 7.53. The molecule has 0 aliphatic carbocycles. The summed E-state index contributed by atoms with van der Waals surface area (Å²) in [5, 5.41) is 0.785. The van der Waals surface area contributed by atoms with Gasteiger partial charge in [-0.2, -0.15) is 0 Å². The van der Waals surface area contributed by atoms with Crippen LogP contribution in [0.15, 0.2) is 66.7 Å². The van der Waals surface area contributed by atoms with E-state index in [0.717, 1.165) is 77.0 Å². The van der Waals surface area contributed by atoms with Gasteiger partial charge in [0.2, 0.25) is 5.75 Å². The number of hydrogen-bond acceptors (Lipinski definition) is 7. The van der Waals surface area contributed by atoms with E-state index in [1.807, 2.05) is 12.1 Å². The number of piperazine rings is 2. The van der Waals surface area contributed by atoms with Gasteiger partial charge in [0, 0.05) is 77.0 Å². The van der Waals surface area contributed by atoms with E-state index in [2.05, 4.69) is 74.2 Å².